The number of hydrogen-bond donors (Lipinski definition) is 1. The first-order chi connectivity index (χ1) is 8.56. The van der Waals surface area contributed by atoms with Crippen LogP contribution in [0.3, 0.4) is 0 Å². The van der Waals surface area contributed by atoms with E-state index in [2.05, 4.69) is 5.32 Å². The molecular formula is C13H8ClF2NO. The molecule has 0 bridgehead atoms. The van der Waals surface area contributed by atoms with Gasteiger partial charge in [0, 0.05) is 10.7 Å². The van der Waals surface area contributed by atoms with Crippen molar-refractivity contribution in [3.8, 4) is 0 Å². The Kier molecular flexibility index (Phi) is 3.58. The molecular weight excluding hydrogens is 260 g/mol. The molecule has 2 aromatic rings. The standard InChI is InChI=1S/C13H8ClF2NO/c14-8-4-5-12(16)11(6-8)13(18)17-10-3-1-2-9(15)7-10/h1-7H,(H,17,18). The Morgan fingerprint density at radius 3 is 2.61 bits per heavy atom. The van der Waals surface area contributed by atoms with Crippen LogP contribution in [-0.2, 0) is 0 Å². The minimum absolute atomic E-state index is 0.188. The number of rotatable bonds is 2. The van der Waals surface area contributed by atoms with E-state index in [9.17, 15) is 13.6 Å². The summed E-state index contributed by atoms with van der Waals surface area (Å²) in [6.45, 7) is 0. The molecule has 1 amide bonds. The van der Waals surface area contributed by atoms with E-state index in [-0.39, 0.29) is 16.3 Å². The lowest BCUT2D eigenvalue weighted by Gasteiger charge is -2.06. The second-order valence-electron chi connectivity index (χ2n) is 3.59. The van der Waals surface area contributed by atoms with Crippen molar-refractivity contribution in [2.24, 2.45) is 0 Å². The molecule has 18 heavy (non-hydrogen) atoms. The van der Waals surface area contributed by atoms with Gasteiger partial charge >= 0.3 is 0 Å². The van der Waals surface area contributed by atoms with Crippen LogP contribution in [0.25, 0.3) is 0 Å². The van der Waals surface area contributed by atoms with Crippen molar-refractivity contribution in [1.29, 1.82) is 0 Å². The highest BCUT2D eigenvalue weighted by atomic mass is 35.5. The average molecular weight is 268 g/mol. The topological polar surface area (TPSA) is 29.1 Å². The summed E-state index contributed by atoms with van der Waals surface area (Å²) in [5.41, 5.74) is 0.0612. The first-order valence-corrected chi connectivity index (χ1v) is 5.46. The SMILES string of the molecule is O=C(Nc1cccc(F)c1)c1cc(Cl)ccc1F. The lowest BCUT2D eigenvalue weighted by atomic mass is 10.2. The van der Waals surface area contributed by atoms with E-state index in [1.165, 1.54) is 30.3 Å². The molecule has 5 heteroatoms. The fraction of sp³-hybridized carbons (Fsp3) is 0. The van der Waals surface area contributed by atoms with Gasteiger partial charge in [0.2, 0.25) is 0 Å². The van der Waals surface area contributed by atoms with Crippen LogP contribution >= 0.6 is 11.6 Å². The smallest absolute Gasteiger partial charge is 0.258 e. The van der Waals surface area contributed by atoms with Crippen molar-refractivity contribution < 1.29 is 13.6 Å². The van der Waals surface area contributed by atoms with Crippen LogP contribution in [0.5, 0.6) is 0 Å². The Bertz CT molecular complexity index is 601. The third kappa shape index (κ3) is 2.84. The van der Waals surface area contributed by atoms with Gasteiger partial charge in [0.1, 0.15) is 11.6 Å². The zero-order valence-electron chi connectivity index (χ0n) is 9.08. The van der Waals surface area contributed by atoms with E-state index in [1.54, 1.807) is 0 Å². The van der Waals surface area contributed by atoms with Crippen molar-refractivity contribution in [3.63, 3.8) is 0 Å². The summed E-state index contributed by atoms with van der Waals surface area (Å²) in [7, 11) is 0. The zero-order valence-corrected chi connectivity index (χ0v) is 9.84. The molecule has 0 heterocycles. The Morgan fingerprint density at radius 2 is 1.89 bits per heavy atom. The largest absolute Gasteiger partial charge is 0.322 e. The maximum Gasteiger partial charge on any atom is 0.258 e. The second kappa shape index (κ2) is 5.14. The molecule has 0 atom stereocenters. The Balaban J connectivity index is 2.24. The number of nitrogens with one attached hydrogen (secondary N) is 1. The van der Waals surface area contributed by atoms with Gasteiger partial charge in [-0.1, -0.05) is 17.7 Å². The van der Waals surface area contributed by atoms with Gasteiger partial charge in [0.25, 0.3) is 5.91 Å². The molecule has 0 saturated heterocycles. The minimum Gasteiger partial charge on any atom is -0.322 e. The van der Waals surface area contributed by atoms with Gasteiger partial charge < -0.3 is 5.32 Å². The van der Waals surface area contributed by atoms with Crippen molar-refractivity contribution in [3.05, 3.63) is 64.7 Å². The molecule has 1 N–H and O–H groups in total. The van der Waals surface area contributed by atoms with Gasteiger partial charge in [-0.3, -0.25) is 4.79 Å². The van der Waals surface area contributed by atoms with Crippen molar-refractivity contribution >= 4 is 23.2 Å². The van der Waals surface area contributed by atoms with E-state index in [0.717, 1.165) is 12.1 Å². The highest BCUT2D eigenvalue weighted by molar-refractivity contribution is 6.31. The van der Waals surface area contributed by atoms with Crippen molar-refractivity contribution in [1.82, 2.24) is 0 Å². The molecule has 0 aliphatic carbocycles. The van der Waals surface area contributed by atoms with Gasteiger partial charge in [0.05, 0.1) is 5.56 Å². The third-order valence-electron chi connectivity index (χ3n) is 2.26. The molecule has 0 fully saturated rings. The van der Waals surface area contributed by atoms with Crippen LogP contribution in [0, 0.1) is 11.6 Å². The van der Waals surface area contributed by atoms with Crippen LogP contribution in [-0.4, -0.2) is 5.91 Å². The number of anilines is 1. The summed E-state index contributed by atoms with van der Waals surface area (Å²) in [6, 6.07) is 8.99. The van der Waals surface area contributed by atoms with Gasteiger partial charge in [-0.2, -0.15) is 0 Å². The first-order valence-electron chi connectivity index (χ1n) is 5.08. The zero-order chi connectivity index (χ0) is 13.1. The fourth-order valence-corrected chi connectivity index (χ4v) is 1.61. The monoisotopic (exact) mass is 267 g/mol. The summed E-state index contributed by atoms with van der Waals surface area (Å²) in [5, 5.41) is 2.64. The summed E-state index contributed by atoms with van der Waals surface area (Å²) >= 11 is 5.68. The molecule has 0 aliphatic rings. The lowest BCUT2D eigenvalue weighted by Crippen LogP contribution is -2.13. The molecule has 2 aromatic carbocycles. The molecule has 0 radical (unpaired) electrons. The number of hydrogen-bond acceptors (Lipinski definition) is 1. The molecule has 0 spiro atoms. The predicted molar refractivity (Wildman–Crippen MR) is 65.8 cm³/mol. The number of amides is 1. The normalized spacial score (nSPS) is 10.2. The first kappa shape index (κ1) is 12.5. The summed E-state index contributed by atoms with van der Waals surface area (Å²) in [6.07, 6.45) is 0. The Morgan fingerprint density at radius 1 is 1.11 bits per heavy atom. The molecule has 0 unspecified atom stereocenters. The second-order valence-corrected chi connectivity index (χ2v) is 4.03. The average Bonchev–Trinajstić information content (AvgIpc) is 2.32. The van der Waals surface area contributed by atoms with E-state index in [4.69, 9.17) is 11.6 Å². The van der Waals surface area contributed by atoms with Gasteiger partial charge in [-0.25, -0.2) is 8.78 Å². The maximum atomic E-state index is 13.4. The van der Waals surface area contributed by atoms with Crippen LogP contribution in [0.15, 0.2) is 42.5 Å². The lowest BCUT2D eigenvalue weighted by molar-refractivity contribution is 0.102. The van der Waals surface area contributed by atoms with E-state index >= 15 is 0 Å². The van der Waals surface area contributed by atoms with Crippen LogP contribution in [0.1, 0.15) is 10.4 Å². The molecule has 2 rings (SSSR count). The summed E-state index contributed by atoms with van der Waals surface area (Å²) < 4.78 is 26.3. The van der Waals surface area contributed by atoms with E-state index in [0.29, 0.717) is 0 Å². The van der Waals surface area contributed by atoms with Crippen LogP contribution in [0.2, 0.25) is 5.02 Å². The number of carbonyl (C=O) groups is 1. The van der Waals surface area contributed by atoms with Gasteiger partial charge in [-0.05, 0) is 36.4 Å². The molecule has 2 nitrogen and oxygen atoms in total. The van der Waals surface area contributed by atoms with Gasteiger partial charge in [0.15, 0.2) is 0 Å². The minimum atomic E-state index is -0.687. The van der Waals surface area contributed by atoms with Crippen LogP contribution in [0.4, 0.5) is 14.5 Å². The van der Waals surface area contributed by atoms with Crippen molar-refractivity contribution in [2.45, 2.75) is 0 Å². The molecule has 0 aromatic heterocycles. The maximum absolute atomic E-state index is 13.4. The highest BCUT2D eigenvalue weighted by Crippen LogP contribution is 2.17. The molecule has 92 valence electrons. The van der Waals surface area contributed by atoms with Crippen LogP contribution < -0.4 is 5.32 Å². The van der Waals surface area contributed by atoms with Crippen molar-refractivity contribution in [2.75, 3.05) is 5.32 Å². The van der Waals surface area contributed by atoms with E-state index < -0.39 is 17.5 Å². The number of benzene rings is 2. The fourth-order valence-electron chi connectivity index (χ4n) is 1.44. The molecule has 0 aliphatic heterocycles. The number of carbonyl (C=O) groups excluding carboxylic acids is 1. The quantitative estimate of drug-likeness (QED) is 0.879. The third-order valence-corrected chi connectivity index (χ3v) is 2.49. The number of halogens is 3. The summed E-state index contributed by atoms with van der Waals surface area (Å²) in [4.78, 5) is 11.8. The highest BCUT2D eigenvalue weighted by Gasteiger charge is 2.12. The predicted octanol–water partition coefficient (Wildman–Crippen LogP) is 3.87. The summed E-state index contributed by atoms with van der Waals surface area (Å²) in [5.74, 6) is -1.85. The van der Waals surface area contributed by atoms with Gasteiger partial charge in [-0.15, -0.1) is 0 Å². The van der Waals surface area contributed by atoms with E-state index in [1.807, 2.05) is 0 Å². The molecule has 0 saturated carbocycles. The Hall–Kier alpha value is -1.94. The Labute approximate surface area is 107 Å².